The van der Waals surface area contributed by atoms with Crippen LogP contribution in [-0.4, -0.2) is 20.8 Å². The molecule has 0 saturated heterocycles. The highest BCUT2D eigenvalue weighted by molar-refractivity contribution is 6.35. The maximum Gasteiger partial charge on any atom is 0.181 e. The van der Waals surface area contributed by atoms with Crippen molar-refractivity contribution in [3.8, 4) is 0 Å². The number of Topliss-reactive ketones (excluding diaryl/α,β-unsaturated/α-hetero) is 1. The zero-order valence-electron chi connectivity index (χ0n) is 9.94. The van der Waals surface area contributed by atoms with Crippen LogP contribution in [0.3, 0.4) is 0 Å². The van der Waals surface area contributed by atoms with E-state index in [-0.39, 0.29) is 5.78 Å². The lowest BCUT2D eigenvalue weighted by Crippen LogP contribution is -2.06. The minimum Gasteiger partial charge on any atom is -0.293 e. The smallest absolute Gasteiger partial charge is 0.181 e. The first-order valence-electron chi connectivity index (χ1n) is 5.34. The molecule has 1 aromatic carbocycles. The Bertz CT molecular complexity index is 587. The fourth-order valence-electron chi connectivity index (χ4n) is 1.67. The Hall–Kier alpha value is -1.39. The topological polar surface area (TPSA) is 47.8 Å². The SMILES string of the molecule is CC(=O)c1nnn(Cc2c(Cl)cccc2Cl)c1C. The molecule has 0 N–H and O–H groups in total. The molecular weight excluding hydrogens is 273 g/mol. The summed E-state index contributed by atoms with van der Waals surface area (Å²) in [6, 6.07) is 5.31. The molecule has 0 fully saturated rings. The van der Waals surface area contributed by atoms with E-state index >= 15 is 0 Å². The summed E-state index contributed by atoms with van der Waals surface area (Å²) in [4.78, 5) is 11.3. The number of rotatable bonds is 3. The lowest BCUT2D eigenvalue weighted by atomic mass is 10.2. The van der Waals surface area contributed by atoms with Crippen LogP contribution in [0.5, 0.6) is 0 Å². The van der Waals surface area contributed by atoms with Crippen LogP contribution in [0.15, 0.2) is 18.2 Å². The highest BCUT2D eigenvalue weighted by Crippen LogP contribution is 2.25. The van der Waals surface area contributed by atoms with Gasteiger partial charge in [0.25, 0.3) is 0 Å². The number of hydrogen-bond donors (Lipinski definition) is 0. The second-order valence-electron chi connectivity index (χ2n) is 3.94. The monoisotopic (exact) mass is 283 g/mol. The van der Waals surface area contributed by atoms with E-state index in [1.54, 1.807) is 29.8 Å². The van der Waals surface area contributed by atoms with Crippen molar-refractivity contribution in [1.29, 1.82) is 0 Å². The van der Waals surface area contributed by atoms with Crippen LogP contribution in [0.25, 0.3) is 0 Å². The van der Waals surface area contributed by atoms with Gasteiger partial charge in [-0.25, -0.2) is 4.68 Å². The molecule has 0 saturated carbocycles. The fourth-order valence-corrected chi connectivity index (χ4v) is 2.19. The quantitative estimate of drug-likeness (QED) is 0.813. The molecule has 18 heavy (non-hydrogen) atoms. The number of carbonyl (C=O) groups is 1. The molecule has 0 atom stereocenters. The highest BCUT2D eigenvalue weighted by atomic mass is 35.5. The number of benzene rings is 1. The van der Waals surface area contributed by atoms with Crippen molar-refractivity contribution in [2.45, 2.75) is 20.4 Å². The molecule has 0 aliphatic rings. The van der Waals surface area contributed by atoms with Crippen molar-refractivity contribution in [1.82, 2.24) is 15.0 Å². The molecule has 2 rings (SSSR count). The Kier molecular flexibility index (Phi) is 3.68. The van der Waals surface area contributed by atoms with Gasteiger partial charge in [-0.2, -0.15) is 0 Å². The first-order valence-corrected chi connectivity index (χ1v) is 6.10. The molecule has 0 radical (unpaired) electrons. The molecule has 0 aliphatic heterocycles. The maximum atomic E-state index is 11.3. The van der Waals surface area contributed by atoms with Gasteiger partial charge in [-0.1, -0.05) is 34.5 Å². The summed E-state index contributed by atoms with van der Waals surface area (Å²) in [7, 11) is 0. The van der Waals surface area contributed by atoms with Gasteiger partial charge in [0, 0.05) is 22.5 Å². The van der Waals surface area contributed by atoms with Gasteiger partial charge in [0.2, 0.25) is 0 Å². The summed E-state index contributed by atoms with van der Waals surface area (Å²) in [6.45, 7) is 3.65. The van der Waals surface area contributed by atoms with E-state index in [9.17, 15) is 4.79 Å². The van der Waals surface area contributed by atoms with Gasteiger partial charge in [0.1, 0.15) is 0 Å². The molecule has 0 spiro atoms. The van der Waals surface area contributed by atoms with Crippen LogP contribution in [0, 0.1) is 6.92 Å². The zero-order valence-corrected chi connectivity index (χ0v) is 11.5. The number of nitrogens with zero attached hydrogens (tertiary/aromatic N) is 3. The van der Waals surface area contributed by atoms with Gasteiger partial charge in [-0.05, 0) is 19.1 Å². The molecule has 0 aliphatic carbocycles. The second-order valence-corrected chi connectivity index (χ2v) is 4.75. The molecule has 0 unspecified atom stereocenters. The van der Waals surface area contributed by atoms with E-state index < -0.39 is 0 Å². The summed E-state index contributed by atoms with van der Waals surface area (Å²) in [5, 5.41) is 8.93. The number of carbonyl (C=O) groups excluding carboxylic acids is 1. The summed E-state index contributed by atoms with van der Waals surface area (Å²) >= 11 is 12.2. The average molecular weight is 284 g/mol. The molecule has 1 heterocycles. The predicted octanol–water partition coefficient (Wildman–Crippen LogP) is 3.14. The first-order chi connectivity index (χ1) is 8.50. The molecule has 0 amide bonds. The summed E-state index contributed by atoms with van der Waals surface area (Å²) in [5.74, 6) is -0.107. The Morgan fingerprint density at radius 3 is 2.44 bits per heavy atom. The van der Waals surface area contributed by atoms with Crippen LogP contribution in [0.1, 0.15) is 28.7 Å². The van der Waals surface area contributed by atoms with E-state index in [0.717, 1.165) is 5.56 Å². The normalized spacial score (nSPS) is 10.7. The third-order valence-corrected chi connectivity index (χ3v) is 3.39. The van der Waals surface area contributed by atoms with Crippen LogP contribution in [-0.2, 0) is 6.54 Å². The van der Waals surface area contributed by atoms with Crippen molar-refractivity contribution in [2.75, 3.05) is 0 Å². The van der Waals surface area contributed by atoms with Crippen molar-refractivity contribution in [3.05, 3.63) is 45.2 Å². The van der Waals surface area contributed by atoms with Gasteiger partial charge >= 0.3 is 0 Å². The standard InChI is InChI=1S/C12H11Cl2N3O/c1-7-12(8(2)18)15-16-17(7)6-9-10(13)4-3-5-11(9)14/h3-5H,6H2,1-2H3. The van der Waals surface area contributed by atoms with Crippen LogP contribution < -0.4 is 0 Å². The molecule has 2 aromatic rings. The minimum absolute atomic E-state index is 0.107. The van der Waals surface area contributed by atoms with Crippen molar-refractivity contribution < 1.29 is 4.79 Å². The minimum atomic E-state index is -0.107. The van der Waals surface area contributed by atoms with Crippen LogP contribution in [0.4, 0.5) is 0 Å². The number of hydrogen-bond acceptors (Lipinski definition) is 3. The predicted molar refractivity (Wildman–Crippen MR) is 70.3 cm³/mol. The van der Waals surface area contributed by atoms with E-state index in [4.69, 9.17) is 23.2 Å². The van der Waals surface area contributed by atoms with Crippen molar-refractivity contribution >= 4 is 29.0 Å². The van der Waals surface area contributed by atoms with Crippen molar-refractivity contribution in [2.24, 2.45) is 0 Å². The summed E-state index contributed by atoms with van der Waals surface area (Å²) < 4.78 is 1.61. The third kappa shape index (κ3) is 2.40. The van der Waals surface area contributed by atoms with E-state index in [1.807, 2.05) is 0 Å². The Morgan fingerprint density at radius 1 is 1.33 bits per heavy atom. The molecule has 1 aromatic heterocycles. The van der Waals surface area contributed by atoms with Crippen LogP contribution >= 0.6 is 23.2 Å². The van der Waals surface area contributed by atoms with Gasteiger partial charge in [0.15, 0.2) is 11.5 Å². The Labute approximate surface area is 115 Å². The Morgan fingerprint density at radius 2 is 1.94 bits per heavy atom. The molecule has 0 bridgehead atoms. The lowest BCUT2D eigenvalue weighted by Gasteiger charge is -2.07. The van der Waals surface area contributed by atoms with E-state index in [0.29, 0.717) is 28.0 Å². The molecular formula is C12H11Cl2N3O. The number of aromatic nitrogens is 3. The maximum absolute atomic E-state index is 11.3. The van der Waals surface area contributed by atoms with Gasteiger partial charge in [-0.15, -0.1) is 5.10 Å². The zero-order chi connectivity index (χ0) is 13.3. The molecule has 6 heteroatoms. The fraction of sp³-hybridized carbons (Fsp3) is 0.250. The lowest BCUT2D eigenvalue weighted by molar-refractivity contribution is 0.101. The van der Waals surface area contributed by atoms with E-state index in [2.05, 4.69) is 10.3 Å². The average Bonchev–Trinajstić information content (AvgIpc) is 2.66. The molecule has 4 nitrogen and oxygen atoms in total. The largest absolute Gasteiger partial charge is 0.293 e. The van der Waals surface area contributed by atoms with Crippen LogP contribution in [0.2, 0.25) is 10.0 Å². The number of halogens is 2. The second kappa shape index (κ2) is 5.08. The summed E-state index contributed by atoms with van der Waals surface area (Å²) in [5.41, 5.74) is 1.85. The number of ketones is 1. The highest BCUT2D eigenvalue weighted by Gasteiger charge is 2.14. The summed E-state index contributed by atoms with van der Waals surface area (Å²) in [6.07, 6.45) is 0. The van der Waals surface area contributed by atoms with Gasteiger partial charge in [-0.3, -0.25) is 4.79 Å². The first kappa shape index (κ1) is 13.1. The Balaban J connectivity index is 2.38. The molecule has 94 valence electrons. The van der Waals surface area contributed by atoms with E-state index in [1.165, 1.54) is 6.92 Å². The van der Waals surface area contributed by atoms with Gasteiger partial charge < -0.3 is 0 Å². The van der Waals surface area contributed by atoms with Gasteiger partial charge in [0.05, 0.1) is 12.2 Å². The third-order valence-electron chi connectivity index (χ3n) is 2.69. The van der Waals surface area contributed by atoms with Crippen molar-refractivity contribution in [3.63, 3.8) is 0 Å².